The fourth-order valence-electron chi connectivity index (χ4n) is 1.68. The molecule has 0 fully saturated rings. The topological polar surface area (TPSA) is 71.1 Å². The average molecular weight is 324 g/mol. The highest BCUT2D eigenvalue weighted by Crippen LogP contribution is 2.26. The lowest BCUT2D eigenvalue weighted by molar-refractivity contribution is -0.153. The van der Waals surface area contributed by atoms with E-state index >= 15 is 0 Å². The van der Waals surface area contributed by atoms with Crippen molar-refractivity contribution < 1.29 is 28.5 Å². The zero-order valence-corrected chi connectivity index (χ0v) is 13.7. The molecule has 0 aliphatic carbocycles. The van der Waals surface area contributed by atoms with Gasteiger partial charge in [-0.25, -0.2) is 0 Å². The SMILES string of the molecule is CCCCOc1ccccc1OCCCOC(=O)CC(=O)OC. The van der Waals surface area contributed by atoms with Crippen LogP contribution in [0.1, 0.15) is 32.6 Å². The number of benzene rings is 1. The first-order valence-electron chi connectivity index (χ1n) is 7.74. The third-order valence-electron chi connectivity index (χ3n) is 2.93. The van der Waals surface area contributed by atoms with Crippen LogP contribution in [0.5, 0.6) is 11.5 Å². The highest BCUT2D eigenvalue weighted by atomic mass is 16.6. The van der Waals surface area contributed by atoms with Gasteiger partial charge in [0, 0.05) is 6.42 Å². The highest BCUT2D eigenvalue weighted by molar-refractivity contribution is 5.91. The monoisotopic (exact) mass is 324 g/mol. The van der Waals surface area contributed by atoms with Crippen LogP contribution in [0.15, 0.2) is 24.3 Å². The largest absolute Gasteiger partial charge is 0.490 e. The molecule has 1 rings (SSSR count). The van der Waals surface area contributed by atoms with Crippen LogP contribution in [0.25, 0.3) is 0 Å². The van der Waals surface area contributed by atoms with Gasteiger partial charge >= 0.3 is 11.9 Å². The molecule has 128 valence electrons. The Labute approximate surface area is 136 Å². The first-order valence-corrected chi connectivity index (χ1v) is 7.74. The second kappa shape index (κ2) is 11.3. The van der Waals surface area contributed by atoms with Gasteiger partial charge in [-0.15, -0.1) is 0 Å². The van der Waals surface area contributed by atoms with Crippen LogP contribution in [-0.2, 0) is 19.1 Å². The summed E-state index contributed by atoms with van der Waals surface area (Å²) in [7, 11) is 1.23. The Hall–Kier alpha value is -2.24. The molecule has 0 unspecified atom stereocenters. The summed E-state index contributed by atoms with van der Waals surface area (Å²) in [5.41, 5.74) is 0. The molecule has 0 N–H and O–H groups in total. The molecule has 0 saturated carbocycles. The molecule has 0 radical (unpaired) electrons. The van der Waals surface area contributed by atoms with Crippen molar-refractivity contribution in [3.05, 3.63) is 24.3 Å². The van der Waals surface area contributed by atoms with Gasteiger partial charge in [0.15, 0.2) is 11.5 Å². The summed E-state index contributed by atoms with van der Waals surface area (Å²) in [5, 5.41) is 0. The van der Waals surface area contributed by atoms with Crippen molar-refractivity contribution in [2.24, 2.45) is 0 Å². The predicted octanol–water partition coefficient (Wildman–Crippen LogP) is 2.74. The van der Waals surface area contributed by atoms with E-state index in [-0.39, 0.29) is 13.0 Å². The molecular formula is C17H24O6. The molecule has 0 aromatic heterocycles. The third kappa shape index (κ3) is 8.09. The highest BCUT2D eigenvalue weighted by Gasteiger charge is 2.10. The van der Waals surface area contributed by atoms with E-state index in [4.69, 9.17) is 14.2 Å². The third-order valence-corrected chi connectivity index (χ3v) is 2.93. The lowest BCUT2D eigenvalue weighted by Crippen LogP contribution is -2.14. The predicted molar refractivity (Wildman–Crippen MR) is 84.5 cm³/mol. The molecular weight excluding hydrogens is 300 g/mol. The number of para-hydroxylation sites is 2. The molecule has 0 saturated heterocycles. The summed E-state index contributed by atoms with van der Waals surface area (Å²) in [5.74, 6) is 0.178. The van der Waals surface area contributed by atoms with Crippen LogP contribution in [-0.4, -0.2) is 38.9 Å². The number of unbranched alkanes of at least 4 members (excludes halogenated alkanes) is 1. The zero-order chi connectivity index (χ0) is 16.9. The molecule has 1 aromatic carbocycles. The zero-order valence-electron chi connectivity index (χ0n) is 13.7. The van der Waals surface area contributed by atoms with E-state index in [0.717, 1.165) is 12.8 Å². The minimum absolute atomic E-state index is 0.189. The van der Waals surface area contributed by atoms with Gasteiger partial charge in [0.25, 0.3) is 0 Å². The van der Waals surface area contributed by atoms with Gasteiger partial charge in [-0.1, -0.05) is 25.5 Å². The van der Waals surface area contributed by atoms with Crippen molar-refractivity contribution in [2.75, 3.05) is 26.9 Å². The van der Waals surface area contributed by atoms with Gasteiger partial charge in [-0.3, -0.25) is 9.59 Å². The summed E-state index contributed by atoms with van der Waals surface area (Å²) in [4.78, 5) is 22.1. The number of methoxy groups -OCH3 is 1. The van der Waals surface area contributed by atoms with Gasteiger partial charge < -0.3 is 18.9 Å². The van der Waals surface area contributed by atoms with E-state index in [1.54, 1.807) is 0 Å². The minimum atomic E-state index is -0.607. The molecule has 6 nitrogen and oxygen atoms in total. The lowest BCUT2D eigenvalue weighted by atomic mass is 10.3. The molecule has 0 heterocycles. The van der Waals surface area contributed by atoms with Crippen molar-refractivity contribution in [1.29, 1.82) is 0 Å². The summed E-state index contributed by atoms with van der Waals surface area (Å²) in [6, 6.07) is 7.47. The lowest BCUT2D eigenvalue weighted by Gasteiger charge is -2.12. The van der Waals surface area contributed by atoms with E-state index in [1.165, 1.54) is 7.11 Å². The van der Waals surface area contributed by atoms with Crippen LogP contribution in [0.4, 0.5) is 0 Å². The second-order valence-corrected chi connectivity index (χ2v) is 4.82. The van der Waals surface area contributed by atoms with Crippen molar-refractivity contribution in [2.45, 2.75) is 32.6 Å². The Morgan fingerprint density at radius 2 is 1.52 bits per heavy atom. The smallest absolute Gasteiger partial charge is 0.317 e. The summed E-state index contributed by atoms with van der Waals surface area (Å²) < 4.78 is 20.6. The maximum Gasteiger partial charge on any atom is 0.317 e. The maximum absolute atomic E-state index is 11.3. The normalized spacial score (nSPS) is 10.0. The summed E-state index contributed by atoms with van der Waals surface area (Å²) >= 11 is 0. The van der Waals surface area contributed by atoms with Crippen molar-refractivity contribution in [3.63, 3.8) is 0 Å². The van der Waals surface area contributed by atoms with E-state index in [2.05, 4.69) is 11.7 Å². The Morgan fingerprint density at radius 1 is 0.913 bits per heavy atom. The molecule has 0 atom stereocenters. The van der Waals surface area contributed by atoms with Crippen molar-refractivity contribution >= 4 is 11.9 Å². The van der Waals surface area contributed by atoms with Gasteiger partial charge in [0.05, 0.1) is 26.9 Å². The van der Waals surface area contributed by atoms with Gasteiger partial charge in [-0.05, 0) is 18.6 Å². The molecule has 0 spiro atoms. The molecule has 0 amide bonds. The standard InChI is InChI=1S/C17H24O6/c1-3-4-10-21-14-8-5-6-9-15(14)22-11-7-12-23-17(19)13-16(18)20-2/h5-6,8-9H,3-4,7,10-13H2,1-2H3. The van der Waals surface area contributed by atoms with Crippen LogP contribution >= 0.6 is 0 Å². The fraction of sp³-hybridized carbons (Fsp3) is 0.529. The number of carbonyl (C=O) groups excluding carboxylic acids is 2. The Morgan fingerprint density at radius 3 is 2.09 bits per heavy atom. The average Bonchev–Trinajstić information content (AvgIpc) is 2.56. The van der Waals surface area contributed by atoms with Crippen LogP contribution in [0, 0.1) is 0 Å². The Kier molecular flexibility index (Phi) is 9.28. The molecule has 1 aromatic rings. The van der Waals surface area contributed by atoms with E-state index in [1.807, 2.05) is 24.3 Å². The van der Waals surface area contributed by atoms with Crippen LogP contribution in [0.3, 0.4) is 0 Å². The first-order chi connectivity index (χ1) is 11.2. The number of ether oxygens (including phenoxy) is 4. The summed E-state index contributed by atoms with van der Waals surface area (Å²) in [6.07, 6.45) is 2.21. The number of rotatable bonds is 11. The van der Waals surface area contributed by atoms with Crippen molar-refractivity contribution in [1.82, 2.24) is 0 Å². The van der Waals surface area contributed by atoms with Gasteiger partial charge in [-0.2, -0.15) is 0 Å². The van der Waals surface area contributed by atoms with E-state index < -0.39 is 11.9 Å². The number of carbonyl (C=O) groups is 2. The van der Waals surface area contributed by atoms with Crippen LogP contribution in [0.2, 0.25) is 0 Å². The van der Waals surface area contributed by atoms with Crippen LogP contribution < -0.4 is 9.47 Å². The molecule has 6 heteroatoms. The Bertz CT molecular complexity index is 486. The number of hydrogen-bond acceptors (Lipinski definition) is 6. The molecule has 0 aliphatic heterocycles. The minimum Gasteiger partial charge on any atom is -0.490 e. The summed E-state index contributed by atoms with van der Waals surface area (Å²) in [6.45, 7) is 3.34. The quantitative estimate of drug-likeness (QED) is 0.354. The molecule has 0 bridgehead atoms. The molecule has 0 aliphatic rings. The Balaban J connectivity index is 2.25. The maximum atomic E-state index is 11.3. The number of hydrogen-bond donors (Lipinski definition) is 0. The van der Waals surface area contributed by atoms with Gasteiger partial charge in [0.1, 0.15) is 6.42 Å². The fourth-order valence-corrected chi connectivity index (χ4v) is 1.68. The van der Waals surface area contributed by atoms with Gasteiger partial charge in [0.2, 0.25) is 0 Å². The second-order valence-electron chi connectivity index (χ2n) is 4.82. The number of esters is 2. The first kappa shape index (κ1) is 18.8. The molecule has 23 heavy (non-hydrogen) atoms. The van der Waals surface area contributed by atoms with E-state index in [0.29, 0.717) is 31.1 Å². The van der Waals surface area contributed by atoms with Crippen molar-refractivity contribution in [3.8, 4) is 11.5 Å². The van der Waals surface area contributed by atoms with E-state index in [9.17, 15) is 9.59 Å².